The molecule has 277 valence electrons. The van der Waals surface area contributed by atoms with E-state index in [1.807, 2.05) is 91.0 Å². The molecule has 0 saturated heterocycles. The van der Waals surface area contributed by atoms with E-state index in [1.165, 1.54) is 6.20 Å². The summed E-state index contributed by atoms with van der Waals surface area (Å²) < 4.78 is 48.0. The number of nitrogens with zero attached hydrogens (tertiary/aromatic N) is 3. The summed E-state index contributed by atoms with van der Waals surface area (Å²) >= 11 is 0. The molecule has 0 unspecified atom stereocenters. The number of fused-ring (bicyclic) bond motifs is 2. The number of hydrogen-bond donors (Lipinski definition) is 0. The van der Waals surface area contributed by atoms with Crippen molar-refractivity contribution >= 4 is 22.0 Å². The number of hydrogen-bond acceptors (Lipinski definition) is 3. The minimum atomic E-state index is -2.09. The number of benzene rings is 7. The van der Waals surface area contributed by atoms with Crippen molar-refractivity contribution in [3.63, 3.8) is 0 Å². The summed E-state index contributed by atoms with van der Waals surface area (Å²) in [6.07, 6.45) is 2.85. The van der Waals surface area contributed by atoms with Crippen molar-refractivity contribution < 1.29 is 31.4 Å². The Balaban J connectivity index is 0.000000263. The van der Waals surface area contributed by atoms with Crippen molar-refractivity contribution in [3.05, 3.63) is 223 Å². The van der Waals surface area contributed by atoms with E-state index in [4.69, 9.17) is 16.3 Å². The van der Waals surface area contributed by atoms with Crippen LogP contribution in [0.25, 0.3) is 72.6 Å². The Hall–Kier alpha value is -6.65. The van der Waals surface area contributed by atoms with Gasteiger partial charge in [0.1, 0.15) is 0 Å². The number of aromatic nitrogens is 3. The van der Waals surface area contributed by atoms with Gasteiger partial charge in [0.15, 0.2) is 0 Å². The quantitative estimate of drug-likeness (QED) is 0.150. The molecule has 1 radical (unpaired) electrons. The molecule has 0 atom stereocenters. The Morgan fingerprint density at radius 1 is 0.667 bits per heavy atom. The fraction of sp³-hybridized carbons (Fsp3) is 0.0385. The van der Waals surface area contributed by atoms with Crippen LogP contribution in [0.4, 0.5) is 0 Å². The van der Waals surface area contributed by atoms with Gasteiger partial charge in [-0.2, -0.15) is 0 Å². The Morgan fingerprint density at radius 3 is 2.02 bits per heavy atom. The van der Waals surface area contributed by atoms with E-state index in [9.17, 15) is 0 Å². The van der Waals surface area contributed by atoms with Crippen molar-refractivity contribution in [1.82, 2.24) is 14.5 Å². The van der Waals surface area contributed by atoms with Crippen LogP contribution >= 0.6 is 0 Å². The second-order valence-electron chi connectivity index (χ2n) is 13.2. The van der Waals surface area contributed by atoms with Gasteiger partial charge in [-0.3, -0.25) is 4.98 Å². The molecule has 0 saturated carbocycles. The van der Waals surface area contributed by atoms with Crippen LogP contribution < -0.4 is 0 Å². The summed E-state index contributed by atoms with van der Waals surface area (Å²) in [6, 6.07) is 63.9. The zero-order valence-electron chi connectivity index (χ0n) is 35.6. The molecule has 0 fully saturated rings. The van der Waals surface area contributed by atoms with Crippen LogP contribution in [0.3, 0.4) is 0 Å². The first-order chi connectivity index (χ1) is 29.7. The first-order valence-electron chi connectivity index (χ1n) is 20.8. The first kappa shape index (κ1) is 31.5. The number of furan rings is 1. The molecule has 3 heterocycles. The molecule has 0 aliphatic rings. The summed E-state index contributed by atoms with van der Waals surface area (Å²) in [5.74, 6) is 0.674. The second kappa shape index (κ2) is 17.0. The van der Waals surface area contributed by atoms with Gasteiger partial charge in [-0.25, -0.2) is 0 Å². The molecular weight excluding hydrogens is 875 g/mol. The smallest absolute Gasteiger partial charge is 0.0774 e. The molecule has 0 aliphatic heterocycles. The zero-order chi connectivity index (χ0) is 42.0. The van der Waals surface area contributed by atoms with E-state index in [-0.39, 0.29) is 25.7 Å². The molecule has 10 rings (SSSR count). The van der Waals surface area contributed by atoms with Gasteiger partial charge in [0.05, 0.1) is 22.5 Å². The number of pyridine rings is 1. The molecular formula is C52H37IrN3O-2. The maximum atomic E-state index is 9.03. The van der Waals surface area contributed by atoms with Crippen LogP contribution in [0.15, 0.2) is 199 Å². The van der Waals surface area contributed by atoms with Gasteiger partial charge in [-0.1, -0.05) is 168 Å². The molecule has 0 aliphatic carbocycles. The third-order valence-electron chi connectivity index (χ3n) is 9.54. The normalized spacial score (nSPS) is 12.6. The van der Waals surface area contributed by atoms with Crippen LogP contribution in [0, 0.1) is 19.2 Å². The van der Waals surface area contributed by atoms with E-state index < -0.39 is 13.2 Å². The minimum absolute atomic E-state index is 0. The van der Waals surface area contributed by atoms with E-state index >= 15 is 0 Å². The van der Waals surface area contributed by atoms with E-state index in [1.54, 1.807) is 24.3 Å². The molecule has 0 bridgehead atoms. The third-order valence-corrected chi connectivity index (χ3v) is 9.54. The minimum Gasteiger partial charge on any atom is -0.557 e. The SMILES string of the molecule is [2H]C([2H])([2H])c1ccc(-c2[c-]cccc2)nc1.[2H]C([2H])(c1ccccc1)c1ccc2o[c-]c(-c3nc4ccccc4n3-c3c(-c4ccccc4)cccc3-c3ccccc3)c2c1.[Ir]. The molecule has 10 aromatic rings. The number of para-hydroxylation sites is 3. The fourth-order valence-corrected chi connectivity index (χ4v) is 6.92. The van der Waals surface area contributed by atoms with Crippen molar-refractivity contribution in [3.8, 4) is 50.6 Å². The maximum Gasteiger partial charge on any atom is 0.0774 e. The van der Waals surface area contributed by atoms with Crippen LogP contribution in [0.5, 0.6) is 0 Å². The molecule has 7 aromatic carbocycles. The molecule has 4 nitrogen and oxygen atoms in total. The third kappa shape index (κ3) is 7.90. The summed E-state index contributed by atoms with van der Waals surface area (Å²) in [6.45, 7) is -2.09. The standard InChI is InChI=1S/C40H27N2O.C12H10N.Ir/c1-4-13-28(14-5-1)25-29-23-24-38-34(26-29)35(27-43-38)40-41-36-21-10-11-22-37(36)42(40)39-32(30-15-6-2-7-16-30)19-12-20-33(39)31-17-8-3-9-18-31;1-10-7-8-12(13-9-10)11-5-3-2-4-6-11;/h1-24,26H,25H2;2-5,7-9H,1H3;/q2*-1;/i25D2;1D3;. The average Bonchev–Trinajstić information content (AvgIpc) is 3.91. The summed E-state index contributed by atoms with van der Waals surface area (Å²) in [4.78, 5) is 9.30. The molecule has 0 amide bonds. The Labute approximate surface area is 353 Å². The van der Waals surface area contributed by atoms with Gasteiger partial charge in [0.25, 0.3) is 0 Å². The monoisotopic (exact) mass is 917 g/mol. The van der Waals surface area contributed by atoms with Gasteiger partial charge in [0, 0.05) is 56.1 Å². The first-order valence-corrected chi connectivity index (χ1v) is 18.3. The second-order valence-corrected chi connectivity index (χ2v) is 13.2. The van der Waals surface area contributed by atoms with Crippen LogP contribution in [0.2, 0.25) is 0 Å². The molecule has 0 N–H and O–H groups in total. The van der Waals surface area contributed by atoms with Gasteiger partial charge in [-0.15, -0.1) is 35.9 Å². The van der Waals surface area contributed by atoms with Gasteiger partial charge < -0.3 is 14.0 Å². The number of rotatable bonds is 7. The maximum absolute atomic E-state index is 9.03. The van der Waals surface area contributed by atoms with E-state index in [0.29, 0.717) is 28.1 Å². The van der Waals surface area contributed by atoms with Gasteiger partial charge in [-0.05, 0) is 53.3 Å². The molecule has 57 heavy (non-hydrogen) atoms. The van der Waals surface area contributed by atoms with Crippen LogP contribution in [0.1, 0.15) is 23.5 Å². The number of aryl methyl sites for hydroxylation is 1. The zero-order valence-corrected chi connectivity index (χ0v) is 33.0. The van der Waals surface area contributed by atoms with Gasteiger partial charge >= 0.3 is 0 Å². The van der Waals surface area contributed by atoms with Crippen LogP contribution in [-0.2, 0) is 26.5 Å². The predicted molar refractivity (Wildman–Crippen MR) is 228 cm³/mol. The van der Waals surface area contributed by atoms with Gasteiger partial charge in [0.2, 0.25) is 0 Å². The van der Waals surface area contributed by atoms with Crippen molar-refractivity contribution in [2.45, 2.75) is 13.2 Å². The predicted octanol–water partition coefficient (Wildman–Crippen LogP) is 13.0. The van der Waals surface area contributed by atoms with Crippen molar-refractivity contribution in [2.24, 2.45) is 0 Å². The molecule has 0 spiro atoms. The largest absolute Gasteiger partial charge is 0.557 e. The Kier molecular flexibility index (Phi) is 9.41. The van der Waals surface area contributed by atoms with E-state index in [0.717, 1.165) is 55.6 Å². The van der Waals surface area contributed by atoms with Crippen molar-refractivity contribution in [2.75, 3.05) is 0 Å². The van der Waals surface area contributed by atoms with Crippen molar-refractivity contribution in [1.29, 1.82) is 0 Å². The fourth-order valence-electron chi connectivity index (χ4n) is 6.92. The Morgan fingerprint density at radius 2 is 1.35 bits per heavy atom. The van der Waals surface area contributed by atoms with E-state index in [2.05, 4.69) is 94.7 Å². The topological polar surface area (TPSA) is 43.9 Å². The average molecular weight is 917 g/mol. The molecule has 5 heteroatoms. The van der Waals surface area contributed by atoms with Crippen LogP contribution in [-0.4, -0.2) is 14.5 Å². The number of imidazole rings is 1. The molecule has 3 aromatic heterocycles. The summed E-state index contributed by atoms with van der Waals surface area (Å²) in [5.41, 5.74) is 11.4. The Bertz CT molecular complexity index is 3020. The summed E-state index contributed by atoms with van der Waals surface area (Å²) in [5, 5.41) is 0.752. The summed E-state index contributed by atoms with van der Waals surface area (Å²) in [7, 11) is 0.